The van der Waals surface area contributed by atoms with Crippen LogP contribution in [0, 0.1) is 5.92 Å². The molecule has 1 aromatic carbocycles. The van der Waals surface area contributed by atoms with Crippen molar-refractivity contribution < 1.29 is 48.6 Å². The van der Waals surface area contributed by atoms with Gasteiger partial charge in [-0.15, -0.1) is 0 Å². The first-order valence-electron chi connectivity index (χ1n) is 14.4. The Kier molecular flexibility index (Phi) is 15.8. The molecule has 6 atom stereocenters. The Morgan fingerprint density at radius 3 is 1.63 bits per heavy atom. The van der Waals surface area contributed by atoms with E-state index in [0.717, 1.165) is 0 Å². The molecule has 6 amide bonds. The number of nitrogens with one attached hydrogen (secondary N) is 5. The quantitative estimate of drug-likeness (QED) is 0.0755. The maximum absolute atomic E-state index is 13.0. The number of primary amides is 1. The van der Waals surface area contributed by atoms with E-state index in [4.69, 9.17) is 16.6 Å². The van der Waals surface area contributed by atoms with Crippen molar-refractivity contribution in [1.82, 2.24) is 26.6 Å². The molecular formula is C29H43N7O10. The molecule has 0 saturated heterocycles. The number of hydrogen-bond acceptors (Lipinski definition) is 9. The molecule has 0 aliphatic heterocycles. The summed E-state index contributed by atoms with van der Waals surface area (Å²) < 4.78 is 0. The summed E-state index contributed by atoms with van der Waals surface area (Å²) >= 11 is 0. The minimum absolute atomic E-state index is 0.0620. The van der Waals surface area contributed by atoms with E-state index < -0.39 is 96.5 Å². The van der Waals surface area contributed by atoms with Gasteiger partial charge in [-0.05, 0) is 31.7 Å². The highest BCUT2D eigenvalue weighted by Crippen LogP contribution is 2.08. The van der Waals surface area contributed by atoms with Gasteiger partial charge in [-0.1, -0.05) is 44.2 Å². The standard InChI is InChI=1S/C29H43N7O10/c1-14(2)10-19(35-26(42)18(30)12-23(38)39)27(43)33-15(3)24(40)32-16(4)25(41)34-20(11-17-8-6-5-7-9-17)28(44)36-21(29(45)46)13-22(31)37/h5-9,14-16,18-21H,10-13,30H2,1-4H3,(H2,31,37)(H,32,40)(H,33,43)(H,34,41)(H,35,42)(H,36,44)(H,38,39)(H,45,46)/t15-,16-,18-,19-,20-,21-/m0/s1. The summed E-state index contributed by atoms with van der Waals surface area (Å²) in [5.74, 6) is -7.96. The van der Waals surface area contributed by atoms with Crippen LogP contribution in [0.1, 0.15) is 52.5 Å². The number of carboxylic acid groups (broad SMARTS) is 2. The van der Waals surface area contributed by atoms with Crippen molar-refractivity contribution in [2.45, 2.75) is 89.6 Å². The summed E-state index contributed by atoms with van der Waals surface area (Å²) in [7, 11) is 0. The molecule has 0 aromatic heterocycles. The second-order valence-electron chi connectivity index (χ2n) is 11.2. The number of aliphatic carboxylic acids is 2. The van der Waals surface area contributed by atoms with Crippen molar-refractivity contribution >= 4 is 47.4 Å². The molecule has 0 saturated carbocycles. The van der Waals surface area contributed by atoms with Gasteiger partial charge in [0.1, 0.15) is 30.2 Å². The van der Waals surface area contributed by atoms with Gasteiger partial charge in [0.05, 0.1) is 18.9 Å². The summed E-state index contributed by atoms with van der Waals surface area (Å²) in [6.07, 6.45) is -1.24. The SMILES string of the molecule is CC(C)C[C@H](NC(=O)[C@@H](N)CC(=O)O)C(=O)N[C@@H](C)C(=O)N[C@@H](C)C(=O)N[C@@H](Cc1ccccc1)C(=O)N[C@@H](CC(N)=O)C(=O)O. The van der Waals surface area contributed by atoms with Crippen molar-refractivity contribution in [3.05, 3.63) is 35.9 Å². The van der Waals surface area contributed by atoms with Gasteiger partial charge in [-0.3, -0.25) is 33.6 Å². The van der Waals surface area contributed by atoms with Crippen LogP contribution in [-0.2, 0) is 44.8 Å². The van der Waals surface area contributed by atoms with Gasteiger partial charge in [-0.25, -0.2) is 4.79 Å². The Morgan fingerprint density at radius 2 is 1.13 bits per heavy atom. The van der Waals surface area contributed by atoms with Gasteiger partial charge >= 0.3 is 11.9 Å². The molecule has 0 aliphatic rings. The predicted octanol–water partition coefficient (Wildman–Crippen LogP) is -2.50. The largest absolute Gasteiger partial charge is 0.481 e. The van der Waals surface area contributed by atoms with Crippen LogP contribution in [-0.4, -0.2) is 93.8 Å². The Morgan fingerprint density at radius 1 is 0.652 bits per heavy atom. The normalized spacial score (nSPS) is 14.7. The average molecular weight is 650 g/mol. The van der Waals surface area contributed by atoms with E-state index >= 15 is 0 Å². The van der Waals surface area contributed by atoms with Crippen molar-refractivity contribution in [2.24, 2.45) is 17.4 Å². The Bertz CT molecular complexity index is 1270. The molecule has 0 unspecified atom stereocenters. The highest BCUT2D eigenvalue weighted by molar-refractivity contribution is 5.96. The molecule has 11 N–H and O–H groups in total. The highest BCUT2D eigenvalue weighted by atomic mass is 16.4. The molecule has 0 heterocycles. The summed E-state index contributed by atoms with van der Waals surface area (Å²) in [5.41, 5.74) is 11.3. The van der Waals surface area contributed by atoms with Crippen LogP contribution in [0.4, 0.5) is 0 Å². The van der Waals surface area contributed by atoms with Crippen LogP contribution < -0.4 is 38.1 Å². The number of nitrogens with two attached hydrogens (primary N) is 2. The second kappa shape index (κ2) is 18.7. The first-order valence-corrected chi connectivity index (χ1v) is 14.4. The summed E-state index contributed by atoms with van der Waals surface area (Å²) in [6, 6.07) is 0.552. The van der Waals surface area contributed by atoms with Crippen molar-refractivity contribution in [1.29, 1.82) is 0 Å². The van der Waals surface area contributed by atoms with Gasteiger partial charge in [-0.2, -0.15) is 0 Å². The van der Waals surface area contributed by atoms with E-state index in [2.05, 4.69) is 26.6 Å². The fraction of sp³-hybridized carbons (Fsp3) is 0.517. The number of carboxylic acids is 2. The van der Waals surface area contributed by atoms with Crippen molar-refractivity contribution in [2.75, 3.05) is 0 Å². The minimum atomic E-state index is -1.64. The van der Waals surface area contributed by atoms with Crippen molar-refractivity contribution in [3.63, 3.8) is 0 Å². The van der Waals surface area contributed by atoms with Crippen LogP contribution in [0.3, 0.4) is 0 Å². The minimum Gasteiger partial charge on any atom is -0.481 e. The van der Waals surface area contributed by atoms with E-state index in [1.165, 1.54) is 13.8 Å². The maximum atomic E-state index is 13.0. The Labute approximate surface area is 265 Å². The van der Waals surface area contributed by atoms with Crippen LogP contribution in [0.25, 0.3) is 0 Å². The number of benzene rings is 1. The lowest BCUT2D eigenvalue weighted by Crippen LogP contribution is -2.58. The van der Waals surface area contributed by atoms with Gasteiger partial charge in [0.15, 0.2) is 0 Å². The molecule has 46 heavy (non-hydrogen) atoms. The highest BCUT2D eigenvalue weighted by Gasteiger charge is 2.31. The number of hydrogen-bond donors (Lipinski definition) is 9. The third kappa shape index (κ3) is 14.1. The lowest BCUT2D eigenvalue weighted by molar-refractivity contribution is -0.143. The number of rotatable bonds is 19. The van der Waals surface area contributed by atoms with E-state index in [9.17, 15) is 43.5 Å². The summed E-state index contributed by atoms with van der Waals surface area (Å²) in [4.78, 5) is 97.8. The second-order valence-corrected chi connectivity index (χ2v) is 11.2. The molecule has 254 valence electrons. The summed E-state index contributed by atoms with van der Waals surface area (Å²) in [6.45, 7) is 6.21. The smallest absolute Gasteiger partial charge is 0.326 e. The van der Waals surface area contributed by atoms with E-state index in [1.54, 1.807) is 44.2 Å². The molecule has 0 radical (unpaired) electrons. The molecule has 1 aromatic rings. The van der Waals surface area contributed by atoms with Crippen LogP contribution in [0.5, 0.6) is 0 Å². The third-order valence-corrected chi connectivity index (χ3v) is 6.51. The van der Waals surface area contributed by atoms with Gasteiger partial charge in [0, 0.05) is 6.42 Å². The fourth-order valence-corrected chi connectivity index (χ4v) is 4.08. The third-order valence-electron chi connectivity index (χ3n) is 6.51. The predicted molar refractivity (Wildman–Crippen MR) is 162 cm³/mol. The molecule has 0 fully saturated rings. The summed E-state index contributed by atoms with van der Waals surface area (Å²) in [5, 5.41) is 30.2. The average Bonchev–Trinajstić information content (AvgIpc) is 2.95. The lowest BCUT2D eigenvalue weighted by atomic mass is 10.0. The number of carbonyl (C=O) groups excluding carboxylic acids is 6. The molecule has 0 bridgehead atoms. The lowest BCUT2D eigenvalue weighted by Gasteiger charge is -2.25. The molecule has 17 heteroatoms. The van der Waals surface area contributed by atoms with Gasteiger partial charge in [0.2, 0.25) is 35.4 Å². The molecule has 17 nitrogen and oxygen atoms in total. The number of carbonyl (C=O) groups is 8. The first-order chi connectivity index (χ1) is 21.4. The maximum Gasteiger partial charge on any atom is 0.326 e. The van der Waals surface area contributed by atoms with E-state index in [0.29, 0.717) is 5.56 Å². The van der Waals surface area contributed by atoms with Gasteiger partial charge < -0.3 is 48.3 Å². The first kappa shape index (κ1) is 39.0. The number of amides is 6. The van der Waals surface area contributed by atoms with Crippen LogP contribution >= 0.6 is 0 Å². The van der Waals surface area contributed by atoms with Crippen LogP contribution in [0.2, 0.25) is 0 Å². The van der Waals surface area contributed by atoms with E-state index in [1.807, 2.05) is 0 Å². The monoisotopic (exact) mass is 649 g/mol. The molecule has 0 aliphatic carbocycles. The molecule has 1 rings (SSSR count). The molecular weight excluding hydrogens is 606 g/mol. The zero-order valence-electron chi connectivity index (χ0n) is 26.1. The van der Waals surface area contributed by atoms with Crippen LogP contribution in [0.15, 0.2) is 30.3 Å². The Hall–Kier alpha value is -5.06. The van der Waals surface area contributed by atoms with E-state index in [-0.39, 0.29) is 18.8 Å². The zero-order chi connectivity index (χ0) is 35.1. The Balaban J connectivity index is 2.95. The zero-order valence-corrected chi connectivity index (χ0v) is 26.1. The topological polar surface area (TPSA) is 289 Å². The fourth-order valence-electron chi connectivity index (χ4n) is 4.08. The molecule has 0 spiro atoms. The van der Waals surface area contributed by atoms with Gasteiger partial charge in [0.25, 0.3) is 0 Å². The van der Waals surface area contributed by atoms with Crippen molar-refractivity contribution in [3.8, 4) is 0 Å².